The van der Waals surface area contributed by atoms with Crippen LogP contribution in [0.25, 0.3) is 0 Å². The van der Waals surface area contributed by atoms with E-state index in [-0.39, 0.29) is 11.3 Å². The number of hydrogen-bond acceptors (Lipinski definition) is 4. The number of aryl methyl sites for hydroxylation is 2. The third kappa shape index (κ3) is 2.83. The van der Waals surface area contributed by atoms with Crippen LogP contribution in [-0.4, -0.2) is 26.7 Å². The fraction of sp³-hybridized carbons (Fsp3) is 0.154. The predicted octanol–water partition coefficient (Wildman–Crippen LogP) is 1.21. The second kappa shape index (κ2) is 5.61. The average molecular weight is 291 g/mol. The number of nitrogens with one attached hydrogen (secondary N) is 1. The van der Waals surface area contributed by atoms with Crippen molar-refractivity contribution >= 4 is 17.4 Å². The van der Waals surface area contributed by atoms with Crippen LogP contribution >= 0.6 is 0 Å². The Morgan fingerprint density at radius 3 is 2.81 bits per heavy atom. The molecule has 0 unspecified atom stereocenters. The largest absolute Gasteiger partial charge is 0.409 e. The maximum absolute atomic E-state index is 13.8. The molecule has 21 heavy (non-hydrogen) atoms. The summed E-state index contributed by atoms with van der Waals surface area (Å²) in [6.07, 6.45) is 0. The van der Waals surface area contributed by atoms with Gasteiger partial charge in [-0.1, -0.05) is 11.2 Å². The lowest BCUT2D eigenvalue weighted by atomic mass is 10.1. The van der Waals surface area contributed by atoms with Gasteiger partial charge in [0.1, 0.15) is 11.5 Å². The van der Waals surface area contributed by atoms with E-state index in [1.807, 2.05) is 0 Å². The molecular weight excluding hydrogens is 277 g/mol. The predicted molar refractivity (Wildman–Crippen MR) is 74.8 cm³/mol. The lowest BCUT2D eigenvalue weighted by Crippen LogP contribution is -2.22. The van der Waals surface area contributed by atoms with E-state index in [1.165, 1.54) is 16.8 Å². The Morgan fingerprint density at radius 2 is 2.24 bits per heavy atom. The van der Waals surface area contributed by atoms with E-state index in [2.05, 4.69) is 15.6 Å². The molecular formula is C13H14FN5O2. The van der Waals surface area contributed by atoms with Gasteiger partial charge in [0.2, 0.25) is 0 Å². The van der Waals surface area contributed by atoms with Crippen molar-refractivity contribution in [2.75, 3.05) is 5.32 Å². The number of nitrogens with two attached hydrogens (primary N) is 1. The van der Waals surface area contributed by atoms with E-state index in [1.54, 1.807) is 20.0 Å². The molecule has 2 rings (SSSR count). The zero-order chi connectivity index (χ0) is 15.6. The molecule has 2 aromatic rings. The third-order valence-electron chi connectivity index (χ3n) is 2.86. The van der Waals surface area contributed by atoms with Crippen molar-refractivity contribution < 1.29 is 14.4 Å². The summed E-state index contributed by atoms with van der Waals surface area (Å²) < 4.78 is 15.2. The number of halogens is 1. The average Bonchev–Trinajstić information content (AvgIpc) is 2.77. The maximum atomic E-state index is 13.8. The number of rotatable bonds is 3. The maximum Gasteiger partial charge on any atom is 0.273 e. The fourth-order valence-electron chi connectivity index (χ4n) is 1.95. The Hall–Kier alpha value is -2.90. The molecule has 110 valence electrons. The Balaban J connectivity index is 2.38. The summed E-state index contributed by atoms with van der Waals surface area (Å²) in [4.78, 5) is 12.2. The molecule has 0 aliphatic carbocycles. The first-order valence-corrected chi connectivity index (χ1v) is 6.02. The van der Waals surface area contributed by atoms with E-state index in [9.17, 15) is 9.18 Å². The zero-order valence-electron chi connectivity index (χ0n) is 11.5. The van der Waals surface area contributed by atoms with Gasteiger partial charge in [0, 0.05) is 7.05 Å². The van der Waals surface area contributed by atoms with E-state index >= 15 is 0 Å². The molecule has 1 aromatic carbocycles. The van der Waals surface area contributed by atoms with Crippen LogP contribution in [0.15, 0.2) is 29.4 Å². The van der Waals surface area contributed by atoms with Crippen LogP contribution < -0.4 is 11.1 Å². The van der Waals surface area contributed by atoms with E-state index in [4.69, 9.17) is 10.9 Å². The van der Waals surface area contributed by atoms with E-state index < -0.39 is 17.6 Å². The highest BCUT2D eigenvalue weighted by Crippen LogP contribution is 2.19. The number of benzene rings is 1. The molecule has 0 aliphatic heterocycles. The molecule has 0 saturated carbocycles. The van der Waals surface area contributed by atoms with Crippen LogP contribution in [0.1, 0.15) is 21.7 Å². The standard InChI is InChI=1S/C13H14FN5O2/c1-7-6-10(19(2)17-7)13(20)16-9-5-3-4-8(14)11(9)12(15)18-21/h3-6,21H,1-2H3,(H2,15,18)(H,16,20). The highest BCUT2D eigenvalue weighted by atomic mass is 19.1. The number of amidine groups is 1. The lowest BCUT2D eigenvalue weighted by Gasteiger charge is -2.10. The van der Waals surface area contributed by atoms with Crippen molar-refractivity contribution in [2.45, 2.75) is 6.92 Å². The minimum Gasteiger partial charge on any atom is -0.409 e. The second-order valence-corrected chi connectivity index (χ2v) is 4.40. The molecule has 1 heterocycles. The van der Waals surface area contributed by atoms with Crippen LogP contribution in [0.5, 0.6) is 0 Å². The minimum absolute atomic E-state index is 0.106. The number of oxime groups is 1. The third-order valence-corrected chi connectivity index (χ3v) is 2.86. The van der Waals surface area contributed by atoms with Gasteiger partial charge >= 0.3 is 0 Å². The molecule has 0 saturated heterocycles. The molecule has 8 heteroatoms. The van der Waals surface area contributed by atoms with Crippen molar-refractivity contribution in [3.05, 3.63) is 47.0 Å². The van der Waals surface area contributed by atoms with Gasteiger partial charge in [-0.15, -0.1) is 0 Å². The number of amides is 1. The van der Waals surface area contributed by atoms with E-state index in [0.717, 1.165) is 6.07 Å². The van der Waals surface area contributed by atoms with E-state index in [0.29, 0.717) is 11.4 Å². The number of carbonyl (C=O) groups is 1. The number of carbonyl (C=O) groups excluding carboxylic acids is 1. The van der Waals surface area contributed by atoms with Crippen molar-refractivity contribution in [3.63, 3.8) is 0 Å². The Labute approximate surface area is 119 Å². The number of anilines is 1. The lowest BCUT2D eigenvalue weighted by molar-refractivity contribution is 0.101. The van der Waals surface area contributed by atoms with Crippen LogP contribution in [-0.2, 0) is 7.05 Å². The summed E-state index contributed by atoms with van der Waals surface area (Å²) in [5.74, 6) is -1.61. The molecule has 1 aromatic heterocycles. The summed E-state index contributed by atoms with van der Waals surface area (Å²) in [6.45, 7) is 1.75. The van der Waals surface area contributed by atoms with Crippen molar-refractivity contribution in [3.8, 4) is 0 Å². The molecule has 1 amide bonds. The highest BCUT2D eigenvalue weighted by molar-refractivity contribution is 6.09. The van der Waals surface area contributed by atoms with Gasteiger partial charge in [0.05, 0.1) is 16.9 Å². The number of hydrogen-bond donors (Lipinski definition) is 3. The molecule has 0 aliphatic rings. The van der Waals surface area contributed by atoms with Gasteiger partial charge in [-0.05, 0) is 25.1 Å². The van der Waals surface area contributed by atoms with Crippen LogP contribution in [0.3, 0.4) is 0 Å². The monoisotopic (exact) mass is 291 g/mol. The van der Waals surface area contributed by atoms with Crippen LogP contribution in [0, 0.1) is 12.7 Å². The van der Waals surface area contributed by atoms with Crippen molar-refractivity contribution in [1.82, 2.24) is 9.78 Å². The quantitative estimate of drug-likeness (QED) is 0.342. The summed E-state index contributed by atoms with van der Waals surface area (Å²) in [5.41, 5.74) is 6.35. The first-order valence-electron chi connectivity index (χ1n) is 6.02. The fourth-order valence-corrected chi connectivity index (χ4v) is 1.95. The minimum atomic E-state index is -0.704. The normalized spacial score (nSPS) is 11.5. The first kappa shape index (κ1) is 14.5. The van der Waals surface area contributed by atoms with Gasteiger partial charge in [-0.25, -0.2) is 4.39 Å². The highest BCUT2D eigenvalue weighted by Gasteiger charge is 2.17. The van der Waals surface area contributed by atoms with Crippen molar-refractivity contribution in [1.29, 1.82) is 0 Å². The molecule has 0 fully saturated rings. The topological polar surface area (TPSA) is 106 Å². The second-order valence-electron chi connectivity index (χ2n) is 4.40. The Morgan fingerprint density at radius 1 is 1.52 bits per heavy atom. The van der Waals surface area contributed by atoms with Crippen molar-refractivity contribution in [2.24, 2.45) is 17.9 Å². The Bertz CT molecular complexity index is 723. The van der Waals surface area contributed by atoms with Crippen LogP contribution in [0.2, 0.25) is 0 Å². The summed E-state index contributed by atoms with van der Waals surface area (Å²) in [7, 11) is 1.62. The molecule has 0 spiro atoms. The molecule has 0 atom stereocenters. The van der Waals surface area contributed by atoms with Gasteiger partial charge in [-0.2, -0.15) is 5.10 Å². The molecule has 7 nitrogen and oxygen atoms in total. The van der Waals surface area contributed by atoms with Gasteiger partial charge < -0.3 is 16.3 Å². The Kier molecular flexibility index (Phi) is 3.88. The molecule has 0 radical (unpaired) electrons. The SMILES string of the molecule is Cc1cc(C(=O)Nc2cccc(F)c2C(N)=NO)n(C)n1. The van der Waals surface area contributed by atoms with Gasteiger partial charge in [0.25, 0.3) is 5.91 Å². The van der Waals surface area contributed by atoms with Gasteiger partial charge in [-0.3, -0.25) is 9.48 Å². The van der Waals surface area contributed by atoms with Crippen LogP contribution in [0.4, 0.5) is 10.1 Å². The summed E-state index contributed by atoms with van der Waals surface area (Å²) in [5, 5.41) is 18.1. The first-order chi connectivity index (χ1) is 9.93. The summed E-state index contributed by atoms with van der Waals surface area (Å²) in [6, 6.07) is 5.61. The molecule has 4 N–H and O–H groups in total. The van der Waals surface area contributed by atoms with Gasteiger partial charge in [0.15, 0.2) is 5.84 Å². The molecule has 0 bridgehead atoms. The zero-order valence-corrected chi connectivity index (χ0v) is 11.5. The number of aromatic nitrogens is 2. The number of nitrogens with zero attached hydrogens (tertiary/aromatic N) is 3. The smallest absolute Gasteiger partial charge is 0.273 e. The summed E-state index contributed by atoms with van der Waals surface area (Å²) >= 11 is 0.